The van der Waals surface area contributed by atoms with Gasteiger partial charge in [0.2, 0.25) is 5.82 Å². The van der Waals surface area contributed by atoms with Crippen LogP contribution in [0.15, 0.2) is 47.0 Å². The molecule has 0 aliphatic rings. The van der Waals surface area contributed by atoms with Gasteiger partial charge in [-0.15, -0.1) is 0 Å². The molecule has 128 valence electrons. The average molecular weight is 338 g/mol. The molecule has 0 saturated carbocycles. The summed E-state index contributed by atoms with van der Waals surface area (Å²) in [5, 5.41) is 18.4. The summed E-state index contributed by atoms with van der Waals surface area (Å²) in [6.07, 6.45) is 0. The maximum atomic E-state index is 11.3. The van der Waals surface area contributed by atoms with Crippen molar-refractivity contribution in [1.82, 2.24) is 10.1 Å². The standard InChI is InChI=1S/C18H18N4O3/c1-11(2)19-15-9-8-14(10-16(15)22(23)24)18-20-17(21-25-18)13-6-4-12(3)5-7-13/h4-11,19H,1-3H3. The molecule has 0 spiro atoms. The molecular weight excluding hydrogens is 320 g/mol. The van der Waals surface area contributed by atoms with Gasteiger partial charge >= 0.3 is 0 Å². The normalized spacial score (nSPS) is 10.9. The van der Waals surface area contributed by atoms with Gasteiger partial charge in [0.1, 0.15) is 5.69 Å². The molecule has 7 heteroatoms. The Bertz CT molecular complexity index is 901. The fourth-order valence-electron chi connectivity index (χ4n) is 2.41. The maximum absolute atomic E-state index is 11.3. The molecule has 3 aromatic rings. The van der Waals surface area contributed by atoms with E-state index in [1.807, 2.05) is 45.0 Å². The maximum Gasteiger partial charge on any atom is 0.293 e. The number of nitrogens with one attached hydrogen (secondary N) is 1. The Morgan fingerprint density at radius 3 is 2.44 bits per heavy atom. The molecule has 0 saturated heterocycles. The van der Waals surface area contributed by atoms with E-state index in [0.717, 1.165) is 11.1 Å². The van der Waals surface area contributed by atoms with Crippen LogP contribution >= 0.6 is 0 Å². The van der Waals surface area contributed by atoms with Gasteiger partial charge in [0.05, 0.1) is 4.92 Å². The zero-order valence-electron chi connectivity index (χ0n) is 14.2. The number of nitro benzene ring substituents is 1. The highest BCUT2D eigenvalue weighted by atomic mass is 16.6. The first-order valence-corrected chi connectivity index (χ1v) is 7.90. The van der Waals surface area contributed by atoms with E-state index in [0.29, 0.717) is 17.1 Å². The number of aryl methyl sites for hydroxylation is 1. The molecule has 0 atom stereocenters. The van der Waals surface area contributed by atoms with Crippen LogP contribution in [0.3, 0.4) is 0 Å². The van der Waals surface area contributed by atoms with Crippen LogP contribution in [0.2, 0.25) is 0 Å². The van der Waals surface area contributed by atoms with Crippen LogP contribution in [0.4, 0.5) is 11.4 Å². The Hall–Kier alpha value is -3.22. The van der Waals surface area contributed by atoms with Crippen molar-refractivity contribution in [2.45, 2.75) is 26.8 Å². The summed E-state index contributed by atoms with van der Waals surface area (Å²) < 4.78 is 5.29. The van der Waals surface area contributed by atoms with E-state index in [2.05, 4.69) is 15.5 Å². The van der Waals surface area contributed by atoms with Gasteiger partial charge in [-0.2, -0.15) is 4.98 Å². The third kappa shape index (κ3) is 3.65. The highest BCUT2D eigenvalue weighted by Crippen LogP contribution is 2.31. The van der Waals surface area contributed by atoms with Crippen molar-refractivity contribution < 1.29 is 9.45 Å². The molecule has 0 amide bonds. The predicted octanol–water partition coefficient (Wildman–Crippen LogP) is 4.44. The summed E-state index contributed by atoms with van der Waals surface area (Å²) in [7, 11) is 0. The summed E-state index contributed by atoms with van der Waals surface area (Å²) in [4.78, 5) is 15.3. The number of aromatic nitrogens is 2. The second-order valence-electron chi connectivity index (χ2n) is 6.08. The van der Waals surface area contributed by atoms with E-state index in [1.54, 1.807) is 12.1 Å². The van der Waals surface area contributed by atoms with Gasteiger partial charge < -0.3 is 9.84 Å². The van der Waals surface area contributed by atoms with Gasteiger partial charge in [0, 0.05) is 23.2 Å². The molecule has 1 N–H and O–H groups in total. The summed E-state index contributed by atoms with van der Waals surface area (Å²) in [5.41, 5.74) is 2.90. The summed E-state index contributed by atoms with van der Waals surface area (Å²) >= 11 is 0. The van der Waals surface area contributed by atoms with E-state index in [9.17, 15) is 10.1 Å². The zero-order chi connectivity index (χ0) is 18.0. The molecule has 0 unspecified atom stereocenters. The highest BCUT2D eigenvalue weighted by Gasteiger charge is 2.19. The van der Waals surface area contributed by atoms with Crippen molar-refractivity contribution in [3.63, 3.8) is 0 Å². The Kier molecular flexibility index (Phi) is 4.47. The predicted molar refractivity (Wildman–Crippen MR) is 95.3 cm³/mol. The van der Waals surface area contributed by atoms with Crippen molar-refractivity contribution in [3.05, 3.63) is 58.1 Å². The van der Waals surface area contributed by atoms with E-state index < -0.39 is 4.92 Å². The lowest BCUT2D eigenvalue weighted by atomic mass is 10.1. The van der Waals surface area contributed by atoms with Gasteiger partial charge in [-0.1, -0.05) is 35.0 Å². The number of nitrogens with zero attached hydrogens (tertiary/aromatic N) is 3. The minimum atomic E-state index is -0.425. The topological polar surface area (TPSA) is 94.1 Å². The number of hydrogen-bond donors (Lipinski definition) is 1. The van der Waals surface area contributed by atoms with E-state index in [4.69, 9.17) is 4.52 Å². The molecular formula is C18H18N4O3. The molecule has 1 aromatic heterocycles. The molecule has 25 heavy (non-hydrogen) atoms. The zero-order valence-corrected chi connectivity index (χ0v) is 14.2. The first kappa shape index (κ1) is 16.6. The van der Waals surface area contributed by atoms with Crippen molar-refractivity contribution in [1.29, 1.82) is 0 Å². The molecule has 0 aliphatic heterocycles. The number of hydrogen-bond acceptors (Lipinski definition) is 6. The molecule has 3 rings (SSSR count). The van der Waals surface area contributed by atoms with Crippen molar-refractivity contribution >= 4 is 11.4 Å². The third-order valence-corrected chi connectivity index (χ3v) is 3.62. The SMILES string of the molecule is Cc1ccc(-c2noc(-c3ccc(NC(C)C)c([N+](=O)[O-])c3)n2)cc1. The number of nitro groups is 1. The monoisotopic (exact) mass is 338 g/mol. The van der Waals surface area contributed by atoms with Crippen LogP contribution in [0.1, 0.15) is 19.4 Å². The van der Waals surface area contributed by atoms with Crippen LogP contribution in [0.25, 0.3) is 22.8 Å². The fraction of sp³-hybridized carbons (Fsp3) is 0.222. The first-order valence-electron chi connectivity index (χ1n) is 7.90. The smallest absolute Gasteiger partial charge is 0.293 e. The van der Waals surface area contributed by atoms with Gasteiger partial charge in [0.15, 0.2) is 0 Å². The largest absolute Gasteiger partial charge is 0.377 e. The van der Waals surface area contributed by atoms with Crippen LogP contribution < -0.4 is 5.32 Å². The molecule has 0 bridgehead atoms. The Balaban J connectivity index is 1.95. The highest BCUT2D eigenvalue weighted by molar-refractivity contribution is 5.70. The molecule has 0 aliphatic carbocycles. The average Bonchev–Trinajstić information content (AvgIpc) is 3.05. The van der Waals surface area contributed by atoms with Crippen LogP contribution in [-0.2, 0) is 0 Å². The Morgan fingerprint density at radius 2 is 1.80 bits per heavy atom. The van der Waals surface area contributed by atoms with Gasteiger partial charge in [-0.3, -0.25) is 10.1 Å². The molecule has 0 fully saturated rings. The van der Waals surface area contributed by atoms with Crippen molar-refractivity contribution in [2.24, 2.45) is 0 Å². The quantitative estimate of drug-likeness (QED) is 0.546. The third-order valence-electron chi connectivity index (χ3n) is 3.62. The molecule has 2 aromatic carbocycles. The Labute approximate surface area is 144 Å². The lowest BCUT2D eigenvalue weighted by Crippen LogP contribution is -2.11. The van der Waals surface area contributed by atoms with E-state index in [1.165, 1.54) is 6.07 Å². The van der Waals surface area contributed by atoms with E-state index >= 15 is 0 Å². The van der Waals surface area contributed by atoms with Gasteiger partial charge in [0.25, 0.3) is 11.6 Å². The fourth-order valence-corrected chi connectivity index (χ4v) is 2.41. The number of benzene rings is 2. The lowest BCUT2D eigenvalue weighted by molar-refractivity contribution is -0.383. The number of rotatable bonds is 5. The summed E-state index contributed by atoms with van der Waals surface area (Å²) in [6, 6.07) is 12.6. The summed E-state index contributed by atoms with van der Waals surface area (Å²) in [5.74, 6) is 0.691. The Morgan fingerprint density at radius 1 is 1.12 bits per heavy atom. The molecule has 7 nitrogen and oxygen atoms in total. The first-order chi connectivity index (χ1) is 11.9. The van der Waals surface area contributed by atoms with Gasteiger partial charge in [-0.05, 0) is 32.9 Å². The number of anilines is 1. The van der Waals surface area contributed by atoms with Crippen molar-refractivity contribution in [3.8, 4) is 22.8 Å². The van der Waals surface area contributed by atoms with Crippen molar-refractivity contribution in [2.75, 3.05) is 5.32 Å². The molecule has 0 radical (unpaired) electrons. The second-order valence-corrected chi connectivity index (χ2v) is 6.08. The van der Waals surface area contributed by atoms with Gasteiger partial charge in [-0.25, -0.2) is 0 Å². The van der Waals surface area contributed by atoms with Crippen LogP contribution in [-0.4, -0.2) is 21.1 Å². The minimum absolute atomic E-state index is 0.0266. The second kappa shape index (κ2) is 6.72. The molecule has 1 heterocycles. The van der Waals surface area contributed by atoms with Crippen LogP contribution in [0.5, 0.6) is 0 Å². The van der Waals surface area contributed by atoms with Crippen LogP contribution in [0, 0.1) is 17.0 Å². The minimum Gasteiger partial charge on any atom is -0.377 e. The summed E-state index contributed by atoms with van der Waals surface area (Å²) in [6.45, 7) is 5.84. The van der Waals surface area contributed by atoms with E-state index in [-0.39, 0.29) is 17.6 Å². The lowest BCUT2D eigenvalue weighted by Gasteiger charge is -2.10.